The molecule has 0 spiro atoms. The predicted molar refractivity (Wildman–Crippen MR) is 77.7 cm³/mol. The van der Waals surface area contributed by atoms with E-state index in [9.17, 15) is 4.79 Å². The first kappa shape index (κ1) is 14.1. The van der Waals surface area contributed by atoms with Crippen LogP contribution in [0.5, 0.6) is 5.75 Å². The topological polar surface area (TPSA) is 51.2 Å². The number of carbonyl (C=O) groups is 1. The SMILES string of the molecule is COc1ccc(C(C)(C)NC(=O)c2cccnc2)cc1. The van der Waals surface area contributed by atoms with Gasteiger partial charge in [0.15, 0.2) is 0 Å². The Morgan fingerprint density at radius 1 is 1.20 bits per heavy atom. The summed E-state index contributed by atoms with van der Waals surface area (Å²) in [7, 11) is 1.63. The van der Waals surface area contributed by atoms with E-state index in [2.05, 4.69) is 10.3 Å². The van der Waals surface area contributed by atoms with Crippen molar-refractivity contribution in [1.82, 2.24) is 10.3 Å². The third kappa shape index (κ3) is 3.15. The van der Waals surface area contributed by atoms with Crippen LogP contribution in [-0.4, -0.2) is 18.0 Å². The highest BCUT2D eigenvalue weighted by Crippen LogP contribution is 2.23. The number of benzene rings is 1. The first-order valence-corrected chi connectivity index (χ1v) is 6.40. The van der Waals surface area contributed by atoms with Crippen LogP contribution in [-0.2, 0) is 5.54 Å². The van der Waals surface area contributed by atoms with Crippen molar-refractivity contribution in [1.29, 1.82) is 0 Å². The Morgan fingerprint density at radius 2 is 1.90 bits per heavy atom. The van der Waals surface area contributed by atoms with Gasteiger partial charge < -0.3 is 10.1 Å². The molecule has 0 bridgehead atoms. The summed E-state index contributed by atoms with van der Waals surface area (Å²) in [5, 5.41) is 3.01. The molecule has 0 radical (unpaired) electrons. The highest BCUT2D eigenvalue weighted by Gasteiger charge is 2.23. The lowest BCUT2D eigenvalue weighted by atomic mass is 9.94. The Balaban J connectivity index is 2.15. The van der Waals surface area contributed by atoms with Gasteiger partial charge in [0.1, 0.15) is 5.75 Å². The molecule has 1 N–H and O–H groups in total. The van der Waals surface area contributed by atoms with Crippen LogP contribution in [0.25, 0.3) is 0 Å². The second-order valence-corrected chi connectivity index (χ2v) is 5.05. The average molecular weight is 270 g/mol. The maximum absolute atomic E-state index is 12.2. The zero-order valence-electron chi connectivity index (χ0n) is 11.9. The van der Waals surface area contributed by atoms with Crippen molar-refractivity contribution in [2.24, 2.45) is 0 Å². The summed E-state index contributed by atoms with van der Waals surface area (Å²) in [5.74, 6) is 0.655. The van der Waals surface area contributed by atoms with Crippen molar-refractivity contribution >= 4 is 5.91 Å². The quantitative estimate of drug-likeness (QED) is 0.929. The van der Waals surface area contributed by atoms with Crippen LogP contribution in [0.4, 0.5) is 0 Å². The van der Waals surface area contributed by atoms with E-state index in [0.29, 0.717) is 5.56 Å². The van der Waals surface area contributed by atoms with Gasteiger partial charge in [0.25, 0.3) is 5.91 Å². The Bertz CT molecular complexity index is 577. The number of nitrogens with one attached hydrogen (secondary N) is 1. The number of nitrogens with zero attached hydrogens (tertiary/aromatic N) is 1. The summed E-state index contributed by atoms with van der Waals surface area (Å²) in [6.45, 7) is 3.92. The number of hydrogen-bond donors (Lipinski definition) is 1. The number of ether oxygens (including phenoxy) is 1. The van der Waals surface area contributed by atoms with E-state index in [0.717, 1.165) is 11.3 Å². The lowest BCUT2D eigenvalue weighted by molar-refractivity contribution is 0.0911. The molecule has 104 valence electrons. The van der Waals surface area contributed by atoms with Gasteiger partial charge in [-0.25, -0.2) is 0 Å². The first-order chi connectivity index (χ1) is 9.53. The normalized spacial score (nSPS) is 10.9. The van der Waals surface area contributed by atoms with Gasteiger partial charge in [-0.1, -0.05) is 12.1 Å². The molecule has 2 aromatic rings. The van der Waals surface area contributed by atoms with Crippen molar-refractivity contribution in [3.8, 4) is 5.75 Å². The van der Waals surface area contributed by atoms with Gasteiger partial charge in [0, 0.05) is 12.4 Å². The summed E-state index contributed by atoms with van der Waals surface area (Å²) >= 11 is 0. The number of methoxy groups -OCH3 is 1. The van der Waals surface area contributed by atoms with Crippen LogP contribution < -0.4 is 10.1 Å². The Labute approximate surface area is 118 Å². The number of hydrogen-bond acceptors (Lipinski definition) is 3. The number of carbonyl (C=O) groups excluding carboxylic acids is 1. The summed E-state index contributed by atoms with van der Waals surface area (Å²) in [6, 6.07) is 11.1. The second kappa shape index (κ2) is 5.74. The van der Waals surface area contributed by atoms with Crippen LogP contribution in [0, 0.1) is 0 Å². The standard InChI is InChI=1S/C16H18N2O2/c1-16(2,13-6-8-14(20-3)9-7-13)18-15(19)12-5-4-10-17-11-12/h4-11H,1-3H3,(H,18,19). The molecule has 0 atom stereocenters. The van der Waals surface area contributed by atoms with Crippen molar-refractivity contribution < 1.29 is 9.53 Å². The lowest BCUT2D eigenvalue weighted by Crippen LogP contribution is -2.41. The molecule has 1 heterocycles. The first-order valence-electron chi connectivity index (χ1n) is 6.40. The minimum atomic E-state index is -0.473. The Kier molecular flexibility index (Phi) is 4.03. The Hall–Kier alpha value is -2.36. The van der Waals surface area contributed by atoms with E-state index in [1.54, 1.807) is 31.6 Å². The maximum atomic E-state index is 12.2. The minimum Gasteiger partial charge on any atom is -0.497 e. The third-order valence-corrected chi connectivity index (χ3v) is 3.16. The lowest BCUT2D eigenvalue weighted by Gasteiger charge is -2.27. The fraction of sp³-hybridized carbons (Fsp3) is 0.250. The average Bonchev–Trinajstić information content (AvgIpc) is 2.48. The fourth-order valence-corrected chi connectivity index (χ4v) is 1.93. The van der Waals surface area contributed by atoms with Crippen molar-refractivity contribution in [3.05, 3.63) is 59.9 Å². The maximum Gasteiger partial charge on any atom is 0.253 e. The van der Waals surface area contributed by atoms with Crippen LogP contribution in [0.2, 0.25) is 0 Å². The van der Waals surface area contributed by atoms with Crippen molar-refractivity contribution in [2.75, 3.05) is 7.11 Å². The van der Waals surface area contributed by atoms with E-state index in [1.807, 2.05) is 38.1 Å². The molecule has 0 aliphatic rings. The van der Waals surface area contributed by atoms with Gasteiger partial charge in [-0.2, -0.15) is 0 Å². The zero-order chi connectivity index (χ0) is 14.6. The molecular weight excluding hydrogens is 252 g/mol. The minimum absolute atomic E-state index is 0.140. The highest BCUT2D eigenvalue weighted by atomic mass is 16.5. The van der Waals surface area contributed by atoms with Crippen LogP contribution in [0.3, 0.4) is 0 Å². The number of pyridine rings is 1. The van der Waals surface area contributed by atoms with Crippen LogP contribution >= 0.6 is 0 Å². The molecule has 0 unspecified atom stereocenters. The van der Waals surface area contributed by atoms with E-state index in [4.69, 9.17) is 4.74 Å². The smallest absolute Gasteiger partial charge is 0.253 e. The molecule has 1 aromatic heterocycles. The Morgan fingerprint density at radius 3 is 2.45 bits per heavy atom. The largest absolute Gasteiger partial charge is 0.497 e. The molecule has 0 aliphatic heterocycles. The molecule has 0 saturated heterocycles. The van der Waals surface area contributed by atoms with Crippen molar-refractivity contribution in [3.63, 3.8) is 0 Å². The van der Waals surface area contributed by atoms with E-state index in [1.165, 1.54) is 0 Å². The monoisotopic (exact) mass is 270 g/mol. The molecule has 4 heteroatoms. The van der Waals surface area contributed by atoms with Gasteiger partial charge in [-0.3, -0.25) is 9.78 Å². The molecule has 20 heavy (non-hydrogen) atoms. The summed E-state index contributed by atoms with van der Waals surface area (Å²) < 4.78 is 5.14. The molecule has 0 aliphatic carbocycles. The summed E-state index contributed by atoms with van der Waals surface area (Å²) in [6.07, 6.45) is 3.20. The predicted octanol–water partition coefficient (Wildman–Crippen LogP) is 2.76. The number of rotatable bonds is 4. The van der Waals surface area contributed by atoms with Crippen LogP contribution in [0.15, 0.2) is 48.8 Å². The fourth-order valence-electron chi connectivity index (χ4n) is 1.93. The molecule has 0 saturated carbocycles. The molecule has 1 aromatic carbocycles. The van der Waals surface area contributed by atoms with Gasteiger partial charge >= 0.3 is 0 Å². The van der Waals surface area contributed by atoms with Gasteiger partial charge in [0.05, 0.1) is 18.2 Å². The van der Waals surface area contributed by atoms with E-state index in [-0.39, 0.29) is 5.91 Å². The van der Waals surface area contributed by atoms with Crippen molar-refractivity contribution in [2.45, 2.75) is 19.4 Å². The van der Waals surface area contributed by atoms with Gasteiger partial charge in [0.2, 0.25) is 0 Å². The molecule has 0 fully saturated rings. The zero-order valence-corrected chi connectivity index (χ0v) is 11.9. The molecule has 4 nitrogen and oxygen atoms in total. The molecule has 1 amide bonds. The van der Waals surface area contributed by atoms with Gasteiger partial charge in [-0.05, 0) is 43.7 Å². The number of aromatic nitrogens is 1. The second-order valence-electron chi connectivity index (χ2n) is 5.05. The van der Waals surface area contributed by atoms with E-state index < -0.39 is 5.54 Å². The van der Waals surface area contributed by atoms with E-state index >= 15 is 0 Å². The third-order valence-electron chi connectivity index (χ3n) is 3.16. The van der Waals surface area contributed by atoms with Gasteiger partial charge in [-0.15, -0.1) is 0 Å². The highest BCUT2D eigenvalue weighted by molar-refractivity contribution is 5.94. The summed E-state index contributed by atoms with van der Waals surface area (Å²) in [4.78, 5) is 16.1. The van der Waals surface area contributed by atoms with Crippen LogP contribution in [0.1, 0.15) is 29.8 Å². The summed E-state index contributed by atoms with van der Waals surface area (Å²) in [5.41, 5.74) is 1.09. The molecular formula is C16H18N2O2. The molecule has 2 rings (SSSR count). The number of amides is 1.